The number of ether oxygens (including phenoxy) is 1. The first-order chi connectivity index (χ1) is 7.74. The Bertz CT molecular complexity index is 524. The lowest BCUT2D eigenvalue weighted by Gasteiger charge is -2.06. The molecule has 1 aromatic heterocycles. The summed E-state index contributed by atoms with van der Waals surface area (Å²) in [5.41, 5.74) is 6.02. The van der Waals surface area contributed by atoms with E-state index < -0.39 is 11.3 Å². The molecule has 0 aliphatic rings. The predicted octanol–water partition coefficient (Wildman–Crippen LogP) is 0.964. The van der Waals surface area contributed by atoms with Gasteiger partial charge in [-0.05, 0) is 18.2 Å². The van der Waals surface area contributed by atoms with Gasteiger partial charge in [-0.2, -0.15) is 0 Å². The summed E-state index contributed by atoms with van der Waals surface area (Å²) >= 11 is -2.05. The van der Waals surface area contributed by atoms with Gasteiger partial charge in [0.1, 0.15) is 12.4 Å². The van der Waals surface area contributed by atoms with Crippen molar-refractivity contribution in [1.29, 1.82) is 0 Å². The molecule has 0 aliphatic carbocycles. The second-order valence-corrected chi connectivity index (χ2v) is 4.05. The number of aromatic nitrogens is 1. The van der Waals surface area contributed by atoms with Crippen molar-refractivity contribution in [3.8, 4) is 5.75 Å². The summed E-state index contributed by atoms with van der Waals surface area (Å²) in [5.74, 6) is 0.673. The highest BCUT2D eigenvalue weighted by Crippen LogP contribution is 2.26. The van der Waals surface area contributed by atoms with E-state index in [4.69, 9.17) is 15.0 Å². The molecule has 0 saturated carbocycles. The molecule has 1 unspecified atom stereocenters. The molecule has 0 aliphatic heterocycles. The molecule has 3 N–H and O–H groups in total. The topological polar surface area (TPSA) is 77.5 Å². The third-order valence-corrected chi connectivity index (χ3v) is 2.86. The fraction of sp³-hybridized carbons (Fsp3) is 0.200. The van der Waals surface area contributed by atoms with Gasteiger partial charge in [0.25, 0.3) is 11.3 Å². The summed E-state index contributed by atoms with van der Waals surface area (Å²) in [7, 11) is 0. The maximum absolute atomic E-state index is 11.0. The summed E-state index contributed by atoms with van der Waals surface area (Å²) in [6.07, 6.45) is 1.55. The van der Waals surface area contributed by atoms with Crippen LogP contribution in [0.1, 0.15) is 0 Å². The highest BCUT2D eigenvalue weighted by atomic mass is 32.2. The molecule has 0 bridgehead atoms. The molecule has 0 saturated heterocycles. The van der Waals surface area contributed by atoms with E-state index in [0.29, 0.717) is 24.4 Å². The van der Waals surface area contributed by atoms with E-state index in [1.165, 1.54) is 3.97 Å². The highest BCUT2D eigenvalue weighted by Gasteiger charge is 2.08. The Hall–Kier alpha value is -1.37. The van der Waals surface area contributed by atoms with Crippen LogP contribution in [0, 0.1) is 0 Å². The van der Waals surface area contributed by atoms with Gasteiger partial charge in [0.05, 0.1) is 5.52 Å². The van der Waals surface area contributed by atoms with Gasteiger partial charge < -0.3 is 10.5 Å². The molecule has 0 radical (unpaired) electrons. The van der Waals surface area contributed by atoms with Gasteiger partial charge in [0.15, 0.2) is 0 Å². The van der Waals surface area contributed by atoms with Crippen molar-refractivity contribution in [3.05, 3.63) is 30.5 Å². The lowest BCUT2D eigenvalue weighted by atomic mass is 10.2. The van der Waals surface area contributed by atoms with Gasteiger partial charge in [-0.25, -0.2) is 8.18 Å². The van der Waals surface area contributed by atoms with Gasteiger partial charge in [0, 0.05) is 18.1 Å². The van der Waals surface area contributed by atoms with Crippen LogP contribution in [0.2, 0.25) is 0 Å². The lowest BCUT2D eigenvalue weighted by molar-refractivity contribution is 0.332. The maximum atomic E-state index is 11.0. The van der Waals surface area contributed by atoms with Crippen molar-refractivity contribution in [2.45, 2.75) is 0 Å². The van der Waals surface area contributed by atoms with E-state index in [1.807, 2.05) is 6.07 Å². The zero-order valence-electron chi connectivity index (χ0n) is 8.50. The minimum Gasteiger partial charge on any atom is -0.492 e. The third kappa shape index (κ3) is 1.95. The van der Waals surface area contributed by atoms with Gasteiger partial charge in [-0.15, -0.1) is 0 Å². The Morgan fingerprint density at radius 2 is 2.25 bits per heavy atom. The van der Waals surface area contributed by atoms with E-state index in [2.05, 4.69) is 0 Å². The predicted molar refractivity (Wildman–Crippen MR) is 62.7 cm³/mol. The Morgan fingerprint density at radius 3 is 2.94 bits per heavy atom. The smallest absolute Gasteiger partial charge is 0.266 e. The van der Waals surface area contributed by atoms with Crippen LogP contribution in [0.4, 0.5) is 0 Å². The zero-order chi connectivity index (χ0) is 11.5. The molecule has 1 heterocycles. The van der Waals surface area contributed by atoms with Gasteiger partial charge in [-0.3, -0.25) is 4.55 Å². The molecular weight excluding hydrogens is 228 g/mol. The molecule has 1 atom stereocenters. The van der Waals surface area contributed by atoms with Crippen LogP contribution in [-0.4, -0.2) is 25.9 Å². The average molecular weight is 240 g/mol. The van der Waals surface area contributed by atoms with Crippen LogP contribution < -0.4 is 10.5 Å². The first kappa shape index (κ1) is 11.1. The fourth-order valence-corrected chi connectivity index (χ4v) is 2.04. The van der Waals surface area contributed by atoms with Crippen molar-refractivity contribution in [3.63, 3.8) is 0 Å². The van der Waals surface area contributed by atoms with E-state index in [9.17, 15) is 4.21 Å². The Kier molecular flexibility index (Phi) is 3.23. The summed E-state index contributed by atoms with van der Waals surface area (Å²) in [5, 5.41) is 0.804. The fourth-order valence-electron chi connectivity index (χ4n) is 1.55. The van der Waals surface area contributed by atoms with Gasteiger partial charge >= 0.3 is 0 Å². The van der Waals surface area contributed by atoms with Crippen LogP contribution in [0.3, 0.4) is 0 Å². The Balaban J connectivity index is 2.49. The second kappa shape index (κ2) is 4.65. The van der Waals surface area contributed by atoms with Gasteiger partial charge in [0.2, 0.25) is 0 Å². The number of hydrogen-bond donors (Lipinski definition) is 2. The molecule has 6 heteroatoms. The van der Waals surface area contributed by atoms with Crippen LogP contribution in [-0.2, 0) is 11.3 Å². The van der Waals surface area contributed by atoms with Crippen LogP contribution in [0.5, 0.6) is 5.75 Å². The monoisotopic (exact) mass is 240 g/mol. The maximum Gasteiger partial charge on any atom is 0.266 e. The van der Waals surface area contributed by atoms with Crippen molar-refractivity contribution in [2.75, 3.05) is 13.2 Å². The first-order valence-corrected chi connectivity index (χ1v) is 5.84. The zero-order valence-corrected chi connectivity index (χ0v) is 9.31. The SMILES string of the molecule is NCCOc1cccc2c1ccn2S(=O)O. The quantitative estimate of drug-likeness (QED) is 0.780. The Morgan fingerprint density at radius 1 is 1.44 bits per heavy atom. The summed E-state index contributed by atoms with van der Waals surface area (Å²) in [6.45, 7) is 0.857. The molecule has 2 aromatic rings. The van der Waals surface area contributed by atoms with Crippen LogP contribution in [0.25, 0.3) is 10.9 Å². The van der Waals surface area contributed by atoms with Crippen LogP contribution in [0.15, 0.2) is 30.5 Å². The number of nitrogens with zero attached hydrogens (tertiary/aromatic N) is 1. The number of benzene rings is 1. The molecule has 16 heavy (non-hydrogen) atoms. The van der Waals surface area contributed by atoms with E-state index >= 15 is 0 Å². The molecule has 0 amide bonds. The highest BCUT2D eigenvalue weighted by molar-refractivity contribution is 7.77. The number of rotatable bonds is 4. The average Bonchev–Trinajstić information content (AvgIpc) is 2.70. The lowest BCUT2D eigenvalue weighted by Crippen LogP contribution is -2.10. The van der Waals surface area contributed by atoms with Crippen molar-refractivity contribution >= 4 is 22.2 Å². The van der Waals surface area contributed by atoms with E-state index in [-0.39, 0.29) is 0 Å². The standard InChI is InChI=1S/C10H12N2O3S/c11-5-7-15-10-3-1-2-9-8(10)4-6-12(9)16(13)14/h1-4,6H,5,7,11H2,(H,13,14). The van der Waals surface area contributed by atoms with E-state index in [0.717, 1.165) is 5.39 Å². The van der Waals surface area contributed by atoms with Crippen molar-refractivity contribution in [2.24, 2.45) is 5.73 Å². The summed E-state index contributed by atoms with van der Waals surface area (Å²) < 4.78 is 26.8. The van der Waals surface area contributed by atoms with Gasteiger partial charge in [-0.1, -0.05) is 6.07 Å². The molecule has 5 nitrogen and oxygen atoms in total. The molecule has 2 rings (SSSR count). The normalized spacial score (nSPS) is 12.9. The minimum atomic E-state index is -2.05. The third-order valence-electron chi connectivity index (χ3n) is 2.20. The van der Waals surface area contributed by atoms with Crippen molar-refractivity contribution < 1.29 is 13.5 Å². The van der Waals surface area contributed by atoms with Crippen molar-refractivity contribution in [1.82, 2.24) is 3.97 Å². The molecule has 0 fully saturated rings. The molecule has 0 spiro atoms. The number of fused-ring (bicyclic) bond motifs is 1. The summed E-state index contributed by atoms with van der Waals surface area (Å²) in [4.78, 5) is 0. The van der Waals surface area contributed by atoms with Crippen LogP contribution >= 0.6 is 0 Å². The summed E-state index contributed by atoms with van der Waals surface area (Å²) in [6, 6.07) is 7.09. The first-order valence-electron chi connectivity index (χ1n) is 4.78. The number of nitrogens with two attached hydrogens (primary N) is 1. The minimum absolute atomic E-state index is 0.423. The Labute approximate surface area is 95.2 Å². The largest absolute Gasteiger partial charge is 0.492 e. The second-order valence-electron chi connectivity index (χ2n) is 3.20. The van der Waals surface area contributed by atoms with E-state index in [1.54, 1.807) is 24.4 Å². The number of hydrogen-bond acceptors (Lipinski definition) is 3. The molecular formula is C10H12N2O3S. The molecule has 1 aromatic carbocycles. The molecule has 86 valence electrons.